The SMILES string of the molecule is Cc1ccc(CNc2cccc3cc(Br)cnc23)nc1. The van der Waals surface area contributed by atoms with Gasteiger partial charge in [0.25, 0.3) is 0 Å². The van der Waals surface area contributed by atoms with E-state index in [-0.39, 0.29) is 0 Å². The van der Waals surface area contributed by atoms with Gasteiger partial charge in [-0.15, -0.1) is 0 Å². The molecule has 3 nitrogen and oxygen atoms in total. The minimum absolute atomic E-state index is 0.692. The van der Waals surface area contributed by atoms with Crippen molar-refractivity contribution >= 4 is 32.5 Å². The molecule has 0 aliphatic carbocycles. The number of para-hydroxylation sites is 1. The predicted molar refractivity (Wildman–Crippen MR) is 85.7 cm³/mol. The van der Waals surface area contributed by atoms with Crippen molar-refractivity contribution < 1.29 is 0 Å². The highest BCUT2D eigenvalue weighted by Gasteiger charge is 2.03. The first-order valence-corrected chi connectivity index (χ1v) is 7.21. The maximum Gasteiger partial charge on any atom is 0.0934 e. The second-order valence-electron chi connectivity index (χ2n) is 4.71. The number of aryl methyl sites for hydroxylation is 1. The van der Waals surface area contributed by atoms with Crippen LogP contribution < -0.4 is 5.32 Å². The van der Waals surface area contributed by atoms with E-state index in [1.165, 1.54) is 5.56 Å². The van der Waals surface area contributed by atoms with E-state index in [2.05, 4.69) is 49.4 Å². The third-order valence-electron chi connectivity index (χ3n) is 3.11. The highest BCUT2D eigenvalue weighted by Crippen LogP contribution is 2.24. The van der Waals surface area contributed by atoms with Gasteiger partial charge in [0.1, 0.15) is 0 Å². The zero-order chi connectivity index (χ0) is 13.9. The molecule has 2 heterocycles. The van der Waals surface area contributed by atoms with Crippen LogP contribution in [0.3, 0.4) is 0 Å². The minimum Gasteiger partial charge on any atom is -0.378 e. The monoisotopic (exact) mass is 327 g/mol. The zero-order valence-corrected chi connectivity index (χ0v) is 12.7. The molecule has 1 N–H and O–H groups in total. The quantitative estimate of drug-likeness (QED) is 0.778. The van der Waals surface area contributed by atoms with Crippen LogP contribution in [0, 0.1) is 6.92 Å². The molecule has 1 aromatic carbocycles. The average molecular weight is 328 g/mol. The predicted octanol–water partition coefficient (Wildman–Crippen LogP) is 4.31. The molecule has 0 aliphatic rings. The summed E-state index contributed by atoms with van der Waals surface area (Å²) < 4.78 is 0.988. The lowest BCUT2D eigenvalue weighted by Crippen LogP contribution is -2.02. The Morgan fingerprint density at radius 2 is 2.00 bits per heavy atom. The van der Waals surface area contributed by atoms with Crippen LogP contribution in [0.2, 0.25) is 0 Å². The van der Waals surface area contributed by atoms with Crippen LogP contribution in [0.25, 0.3) is 10.9 Å². The summed E-state index contributed by atoms with van der Waals surface area (Å²) in [5, 5.41) is 4.51. The maximum atomic E-state index is 4.48. The molecule has 100 valence electrons. The number of pyridine rings is 2. The molecule has 4 heteroatoms. The van der Waals surface area contributed by atoms with Crippen molar-refractivity contribution in [2.75, 3.05) is 5.32 Å². The number of benzene rings is 1. The summed E-state index contributed by atoms with van der Waals surface area (Å²) in [5.74, 6) is 0. The molecule has 3 rings (SSSR count). The van der Waals surface area contributed by atoms with E-state index in [9.17, 15) is 0 Å². The molecule has 0 radical (unpaired) electrons. The van der Waals surface area contributed by atoms with Crippen molar-refractivity contribution in [1.29, 1.82) is 0 Å². The molecular weight excluding hydrogens is 314 g/mol. The average Bonchev–Trinajstić information content (AvgIpc) is 2.46. The fourth-order valence-electron chi connectivity index (χ4n) is 2.07. The van der Waals surface area contributed by atoms with Crippen molar-refractivity contribution in [3.8, 4) is 0 Å². The molecule has 0 saturated carbocycles. The normalized spacial score (nSPS) is 10.7. The lowest BCUT2D eigenvalue weighted by atomic mass is 10.2. The number of aromatic nitrogens is 2. The molecular formula is C16H14BrN3. The van der Waals surface area contributed by atoms with E-state index in [1.807, 2.05) is 37.5 Å². The van der Waals surface area contributed by atoms with E-state index < -0.39 is 0 Å². The highest BCUT2D eigenvalue weighted by molar-refractivity contribution is 9.10. The standard InChI is InChI=1S/C16H14BrN3/c1-11-5-6-14(18-8-11)10-19-15-4-2-3-12-7-13(17)9-20-16(12)15/h2-9,19H,10H2,1H3. The highest BCUT2D eigenvalue weighted by atomic mass is 79.9. The van der Waals surface area contributed by atoms with Crippen molar-refractivity contribution in [2.24, 2.45) is 0 Å². The topological polar surface area (TPSA) is 37.8 Å². The Balaban J connectivity index is 1.85. The van der Waals surface area contributed by atoms with Crippen LogP contribution in [0.15, 0.2) is 53.3 Å². The first-order valence-electron chi connectivity index (χ1n) is 6.42. The Morgan fingerprint density at radius 1 is 1.10 bits per heavy atom. The molecule has 0 aliphatic heterocycles. The van der Waals surface area contributed by atoms with Crippen LogP contribution in [0.1, 0.15) is 11.3 Å². The van der Waals surface area contributed by atoms with E-state index in [0.29, 0.717) is 6.54 Å². The molecule has 0 amide bonds. The third-order valence-corrected chi connectivity index (χ3v) is 3.54. The Hall–Kier alpha value is -1.94. The van der Waals surface area contributed by atoms with Gasteiger partial charge in [-0.3, -0.25) is 9.97 Å². The molecule has 0 bridgehead atoms. The number of fused-ring (bicyclic) bond motifs is 1. The van der Waals surface area contributed by atoms with Gasteiger partial charge in [-0.05, 0) is 46.6 Å². The maximum absolute atomic E-state index is 4.48. The van der Waals surface area contributed by atoms with Crippen molar-refractivity contribution in [2.45, 2.75) is 13.5 Å². The van der Waals surface area contributed by atoms with Crippen LogP contribution in [-0.4, -0.2) is 9.97 Å². The van der Waals surface area contributed by atoms with Gasteiger partial charge >= 0.3 is 0 Å². The summed E-state index contributed by atoms with van der Waals surface area (Å²) in [7, 11) is 0. The first-order chi connectivity index (χ1) is 9.72. The van der Waals surface area contributed by atoms with Gasteiger partial charge in [0, 0.05) is 22.3 Å². The van der Waals surface area contributed by atoms with E-state index >= 15 is 0 Å². The van der Waals surface area contributed by atoms with Gasteiger partial charge < -0.3 is 5.32 Å². The fraction of sp³-hybridized carbons (Fsp3) is 0.125. The summed E-state index contributed by atoms with van der Waals surface area (Å²) >= 11 is 3.45. The summed E-state index contributed by atoms with van der Waals surface area (Å²) in [6.45, 7) is 2.73. The first kappa shape index (κ1) is 13.1. The number of hydrogen-bond donors (Lipinski definition) is 1. The zero-order valence-electron chi connectivity index (χ0n) is 11.1. The van der Waals surface area contributed by atoms with Crippen LogP contribution >= 0.6 is 15.9 Å². The van der Waals surface area contributed by atoms with E-state index in [0.717, 1.165) is 26.8 Å². The van der Waals surface area contributed by atoms with Crippen LogP contribution in [-0.2, 0) is 6.54 Å². The Morgan fingerprint density at radius 3 is 2.80 bits per heavy atom. The molecule has 2 aromatic heterocycles. The van der Waals surface area contributed by atoms with Crippen LogP contribution in [0.5, 0.6) is 0 Å². The summed E-state index contributed by atoms with van der Waals surface area (Å²) in [6.07, 6.45) is 3.70. The smallest absolute Gasteiger partial charge is 0.0934 e. The Bertz CT molecular complexity index is 738. The lowest BCUT2D eigenvalue weighted by molar-refractivity contribution is 1.04. The molecule has 0 spiro atoms. The molecule has 0 unspecified atom stereocenters. The second-order valence-corrected chi connectivity index (χ2v) is 5.63. The molecule has 0 saturated heterocycles. The van der Waals surface area contributed by atoms with Crippen LogP contribution in [0.4, 0.5) is 5.69 Å². The summed E-state index contributed by atoms with van der Waals surface area (Å²) in [5.41, 5.74) is 4.19. The number of nitrogens with zero attached hydrogens (tertiary/aromatic N) is 2. The fourth-order valence-corrected chi connectivity index (χ4v) is 2.41. The third kappa shape index (κ3) is 2.80. The van der Waals surface area contributed by atoms with Gasteiger partial charge in [0.05, 0.1) is 23.4 Å². The van der Waals surface area contributed by atoms with Crippen molar-refractivity contribution in [3.63, 3.8) is 0 Å². The van der Waals surface area contributed by atoms with E-state index in [1.54, 1.807) is 0 Å². The van der Waals surface area contributed by atoms with Gasteiger partial charge in [0.15, 0.2) is 0 Å². The lowest BCUT2D eigenvalue weighted by Gasteiger charge is -2.09. The number of rotatable bonds is 3. The second kappa shape index (κ2) is 5.59. The summed E-state index contributed by atoms with van der Waals surface area (Å²) in [4.78, 5) is 8.87. The van der Waals surface area contributed by atoms with Gasteiger partial charge in [0.2, 0.25) is 0 Å². The Labute approximate surface area is 126 Å². The molecule has 3 aromatic rings. The van der Waals surface area contributed by atoms with Gasteiger partial charge in [-0.1, -0.05) is 18.2 Å². The minimum atomic E-state index is 0.692. The van der Waals surface area contributed by atoms with Crippen molar-refractivity contribution in [1.82, 2.24) is 9.97 Å². The van der Waals surface area contributed by atoms with Gasteiger partial charge in [-0.2, -0.15) is 0 Å². The number of hydrogen-bond acceptors (Lipinski definition) is 3. The number of nitrogens with one attached hydrogen (secondary N) is 1. The van der Waals surface area contributed by atoms with E-state index in [4.69, 9.17) is 0 Å². The summed E-state index contributed by atoms with van der Waals surface area (Å²) in [6, 6.07) is 12.3. The Kier molecular flexibility index (Phi) is 3.65. The molecule has 0 atom stereocenters. The largest absolute Gasteiger partial charge is 0.378 e. The number of halogens is 1. The molecule has 0 fully saturated rings. The molecule has 20 heavy (non-hydrogen) atoms. The van der Waals surface area contributed by atoms with Gasteiger partial charge in [-0.25, -0.2) is 0 Å². The van der Waals surface area contributed by atoms with Crippen molar-refractivity contribution in [3.05, 3.63) is 64.5 Å². The number of anilines is 1.